The largest absolute Gasteiger partial charge is 0.328 e. The Kier molecular flexibility index (Phi) is 2.77. The molecule has 0 radical (unpaired) electrons. The SMILES string of the molecule is O=S(=O)(c1ccc2ccccc2c1)c1nc2ccccc2[nH]1. The third-order valence-corrected chi connectivity index (χ3v) is 5.23. The summed E-state index contributed by atoms with van der Waals surface area (Å²) >= 11 is 0. The molecule has 4 rings (SSSR count). The van der Waals surface area contributed by atoms with E-state index in [2.05, 4.69) is 9.97 Å². The van der Waals surface area contributed by atoms with Crippen LogP contribution in [0.2, 0.25) is 0 Å². The first-order valence-corrected chi connectivity index (χ1v) is 8.31. The first-order valence-electron chi connectivity index (χ1n) is 6.83. The van der Waals surface area contributed by atoms with E-state index < -0.39 is 9.84 Å². The number of aromatic nitrogens is 2. The summed E-state index contributed by atoms with van der Waals surface area (Å²) in [7, 11) is -3.66. The van der Waals surface area contributed by atoms with E-state index in [9.17, 15) is 8.42 Å². The summed E-state index contributed by atoms with van der Waals surface area (Å²) in [6, 6.07) is 20.0. The van der Waals surface area contributed by atoms with Crippen LogP contribution in [0, 0.1) is 0 Å². The summed E-state index contributed by atoms with van der Waals surface area (Å²) in [6.07, 6.45) is 0. The van der Waals surface area contributed by atoms with Crippen molar-refractivity contribution in [2.24, 2.45) is 0 Å². The molecule has 0 unspecified atom stereocenters. The molecule has 0 aliphatic heterocycles. The van der Waals surface area contributed by atoms with Gasteiger partial charge in [0.1, 0.15) is 0 Å². The Hall–Kier alpha value is -2.66. The summed E-state index contributed by atoms with van der Waals surface area (Å²) < 4.78 is 25.5. The van der Waals surface area contributed by atoms with Crippen molar-refractivity contribution in [3.05, 3.63) is 66.7 Å². The van der Waals surface area contributed by atoms with E-state index in [1.54, 1.807) is 18.2 Å². The molecule has 108 valence electrons. The van der Waals surface area contributed by atoms with Gasteiger partial charge >= 0.3 is 0 Å². The summed E-state index contributed by atoms with van der Waals surface area (Å²) in [6.45, 7) is 0. The fourth-order valence-electron chi connectivity index (χ4n) is 2.50. The molecule has 4 nitrogen and oxygen atoms in total. The first kappa shape index (κ1) is 13.0. The Bertz CT molecular complexity index is 1060. The first-order chi connectivity index (χ1) is 10.6. The molecule has 1 aromatic heterocycles. The number of hydrogen-bond acceptors (Lipinski definition) is 3. The average molecular weight is 308 g/mol. The van der Waals surface area contributed by atoms with Crippen LogP contribution in [0.5, 0.6) is 0 Å². The number of sulfone groups is 1. The van der Waals surface area contributed by atoms with Gasteiger partial charge in [-0.05, 0) is 35.0 Å². The second-order valence-corrected chi connectivity index (χ2v) is 6.94. The van der Waals surface area contributed by atoms with Crippen LogP contribution in [0.1, 0.15) is 0 Å². The number of nitrogens with zero attached hydrogens (tertiary/aromatic N) is 1. The van der Waals surface area contributed by atoms with Gasteiger partial charge in [0.05, 0.1) is 15.9 Å². The van der Waals surface area contributed by atoms with E-state index >= 15 is 0 Å². The van der Waals surface area contributed by atoms with Crippen molar-refractivity contribution in [2.75, 3.05) is 0 Å². The Balaban J connectivity index is 1.91. The highest BCUT2D eigenvalue weighted by Gasteiger charge is 2.22. The maximum Gasteiger partial charge on any atom is 0.239 e. The lowest BCUT2D eigenvalue weighted by Crippen LogP contribution is -2.04. The van der Waals surface area contributed by atoms with E-state index in [0.29, 0.717) is 11.0 Å². The highest BCUT2D eigenvalue weighted by atomic mass is 32.2. The number of para-hydroxylation sites is 2. The number of imidazole rings is 1. The molecule has 1 N–H and O–H groups in total. The number of nitrogens with one attached hydrogen (secondary N) is 1. The molecule has 0 bridgehead atoms. The van der Waals surface area contributed by atoms with Gasteiger partial charge in [-0.25, -0.2) is 13.4 Å². The molecule has 0 aliphatic rings. The lowest BCUT2D eigenvalue weighted by Gasteiger charge is -2.03. The monoisotopic (exact) mass is 308 g/mol. The molecule has 0 amide bonds. The summed E-state index contributed by atoms with van der Waals surface area (Å²) in [5.74, 6) is 0. The summed E-state index contributed by atoms with van der Waals surface area (Å²) in [5.41, 5.74) is 1.35. The van der Waals surface area contributed by atoms with Crippen molar-refractivity contribution in [2.45, 2.75) is 10.1 Å². The zero-order valence-corrected chi connectivity index (χ0v) is 12.3. The molecule has 0 aliphatic carbocycles. The van der Waals surface area contributed by atoms with Crippen LogP contribution < -0.4 is 0 Å². The minimum absolute atomic E-state index is 0.0241. The maximum atomic E-state index is 12.8. The topological polar surface area (TPSA) is 62.8 Å². The summed E-state index contributed by atoms with van der Waals surface area (Å²) in [5, 5.41) is 1.87. The normalized spacial score (nSPS) is 12.0. The quantitative estimate of drug-likeness (QED) is 0.616. The zero-order chi connectivity index (χ0) is 15.2. The smallest absolute Gasteiger partial charge is 0.239 e. The highest BCUT2D eigenvalue weighted by Crippen LogP contribution is 2.24. The van der Waals surface area contributed by atoms with Crippen LogP contribution in [0.25, 0.3) is 21.8 Å². The van der Waals surface area contributed by atoms with Crippen molar-refractivity contribution in [1.29, 1.82) is 0 Å². The maximum absolute atomic E-state index is 12.8. The van der Waals surface area contributed by atoms with Crippen molar-refractivity contribution in [1.82, 2.24) is 9.97 Å². The van der Waals surface area contributed by atoms with Gasteiger partial charge < -0.3 is 4.98 Å². The molecule has 3 aromatic carbocycles. The van der Waals surface area contributed by atoms with E-state index in [-0.39, 0.29) is 10.1 Å². The fourth-order valence-corrected chi connectivity index (χ4v) is 3.72. The van der Waals surface area contributed by atoms with Gasteiger partial charge in [0, 0.05) is 0 Å². The number of aromatic amines is 1. The molecule has 0 saturated carbocycles. The number of hydrogen-bond donors (Lipinski definition) is 1. The molecule has 0 saturated heterocycles. The van der Waals surface area contributed by atoms with Crippen LogP contribution in [0.4, 0.5) is 0 Å². The van der Waals surface area contributed by atoms with Gasteiger partial charge in [-0.2, -0.15) is 0 Å². The predicted octanol–water partition coefficient (Wildman–Crippen LogP) is 3.55. The lowest BCUT2D eigenvalue weighted by atomic mass is 10.1. The van der Waals surface area contributed by atoms with Crippen molar-refractivity contribution in [3.8, 4) is 0 Å². The molecule has 0 atom stereocenters. The van der Waals surface area contributed by atoms with Gasteiger partial charge in [-0.15, -0.1) is 0 Å². The van der Waals surface area contributed by atoms with Gasteiger partial charge in [0.15, 0.2) is 0 Å². The molecule has 0 fully saturated rings. The Morgan fingerprint density at radius 2 is 1.55 bits per heavy atom. The number of fused-ring (bicyclic) bond motifs is 2. The van der Waals surface area contributed by atoms with Crippen molar-refractivity contribution in [3.63, 3.8) is 0 Å². The van der Waals surface area contributed by atoms with Crippen LogP contribution >= 0.6 is 0 Å². The molecule has 0 spiro atoms. The van der Waals surface area contributed by atoms with Gasteiger partial charge in [0.25, 0.3) is 0 Å². The van der Waals surface area contributed by atoms with Gasteiger partial charge in [0.2, 0.25) is 15.0 Å². The minimum Gasteiger partial charge on any atom is -0.328 e. The van der Waals surface area contributed by atoms with Crippen molar-refractivity contribution >= 4 is 31.6 Å². The molecule has 4 aromatic rings. The third kappa shape index (κ3) is 1.98. The Morgan fingerprint density at radius 1 is 0.818 bits per heavy atom. The van der Waals surface area contributed by atoms with Crippen molar-refractivity contribution < 1.29 is 8.42 Å². The third-order valence-electron chi connectivity index (χ3n) is 3.65. The van der Waals surface area contributed by atoms with E-state index in [1.807, 2.05) is 48.5 Å². The van der Waals surface area contributed by atoms with Gasteiger partial charge in [-0.1, -0.05) is 42.5 Å². The molecule has 1 heterocycles. The summed E-state index contributed by atoms with van der Waals surface area (Å²) in [4.78, 5) is 7.32. The van der Waals surface area contributed by atoms with Crippen LogP contribution in [0.3, 0.4) is 0 Å². The average Bonchev–Trinajstić information content (AvgIpc) is 2.99. The number of benzene rings is 3. The van der Waals surface area contributed by atoms with Crippen LogP contribution in [-0.2, 0) is 9.84 Å². The zero-order valence-electron chi connectivity index (χ0n) is 11.5. The second-order valence-electron chi connectivity index (χ2n) is 5.07. The van der Waals surface area contributed by atoms with E-state index in [1.165, 1.54) is 0 Å². The Morgan fingerprint density at radius 3 is 2.36 bits per heavy atom. The predicted molar refractivity (Wildman–Crippen MR) is 85.5 cm³/mol. The number of H-pyrrole nitrogens is 1. The number of rotatable bonds is 2. The van der Waals surface area contributed by atoms with E-state index in [0.717, 1.165) is 10.8 Å². The fraction of sp³-hybridized carbons (Fsp3) is 0. The van der Waals surface area contributed by atoms with Crippen LogP contribution in [0.15, 0.2) is 76.8 Å². The highest BCUT2D eigenvalue weighted by molar-refractivity contribution is 7.91. The molecular weight excluding hydrogens is 296 g/mol. The minimum atomic E-state index is -3.66. The van der Waals surface area contributed by atoms with Gasteiger partial charge in [-0.3, -0.25) is 0 Å². The van der Waals surface area contributed by atoms with Crippen LogP contribution in [-0.4, -0.2) is 18.4 Å². The van der Waals surface area contributed by atoms with E-state index in [4.69, 9.17) is 0 Å². The standard InChI is InChI=1S/C17H12N2O2S/c20-22(21,17-18-15-7-3-4-8-16(15)19-17)14-10-9-12-5-1-2-6-13(12)11-14/h1-11H,(H,18,19). The molecule has 22 heavy (non-hydrogen) atoms. The lowest BCUT2D eigenvalue weighted by molar-refractivity contribution is 0.589. The second kappa shape index (κ2) is 4.68. The molecule has 5 heteroatoms. The Labute approximate surface area is 127 Å². The molecular formula is C17H12N2O2S.